The summed E-state index contributed by atoms with van der Waals surface area (Å²) < 4.78 is 0. The number of anilines is 1. The molecule has 1 aliphatic rings. The lowest BCUT2D eigenvalue weighted by molar-refractivity contribution is 0.0926. The van der Waals surface area contributed by atoms with E-state index in [-0.39, 0.29) is 11.8 Å². The molecule has 2 aromatic carbocycles. The second-order valence-corrected chi connectivity index (χ2v) is 6.25. The van der Waals surface area contributed by atoms with Crippen LogP contribution in [0.2, 0.25) is 0 Å². The Labute approximate surface area is 139 Å². The van der Waals surface area contributed by atoms with Crippen LogP contribution in [-0.2, 0) is 0 Å². The summed E-state index contributed by atoms with van der Waals surface area (Å²) in [5.41, 5.74) is 4.91. The lowest BCUT2D eigenvalue weighted by Gasteiger charge is -2.13. The Bertz CT molecular complexity index is 1020. The lowest BCUT2D eigenvalue weighted by atomic mass is 10.0. The summed E-state index contributed by atoms with van der Waals surface area (Å²) in [4.78, 5) is 31.7. The zero-order valence-electron chi connectivity index (χ0n) is 13.8. The second-order valence-electron chi connectivity index (χ2n) is 6.25. The topological polar surface area (TPSA) is 50.3 Å². The molecule has 0 unspecified atom stereocenters. The predicted octanol–water partition coefficient (Wildman–Crippen LogP) is 3.96. The number of imide groups is 1. The molecule has 4 rings (SSSR count). The minimum atomic E-state index is -0.299. The van der Waals surface area contributed by atoms with Crippen molar-refractivity contribution in [2.75, 3.05) is 4.90 Å². The van der Waals surface area contributed by atoms with Crippen molar-refractivity contribution < 1.29 is 9.59 Å². The molecular weight excluding hydrogens is 300 g/mol. The third kappa shape index (κ3) is 1.96. The third-order valence-corrected chi connectivity index (χ3v) is 4.45. The monoisotopic (exact) mass is 316 g/mol. The molecule has 0 fully saturated rings. The second kappa shape index (κ2) is 4.99. The molecule has 0 radical (unpaired) electrons. The number of carbonyl (C=O) groups is 2. The van der Waals surface area contributed by atoms with Gasteiger partial charge in [0.25, 0.3) is 11.8 Å². The van der Waals surface area contributed by atoms with E-state index in [0.29, 0.717) is 22.5 Å². The van der Waals surface area contributed by atoms with Gasteiger partial charge in [-0.2, -0.15) is 0 Å². The standard InChI is InChI=1S/C20H16N2O2/c1-11-4-7-14(8-5-11)22-19(23)17-13(3)21-16-9-6-12(2)10-15(16)18(17)20(22)24/h4-10H,1-3H3. The zero-order valence-corrected chi connectivity index (χ0v) is 13.8. The summed E-state index contributed by atoms with van der Waals surface area (Å²) in [6.07, 6.45) is 0. The first-order chi connectivity index (χ1) is 11.5. The Morgan fingerprint density at radius 1 is 0.792 bits per heavy atom. The molecule has 0 saturated carbocycles. The Morgan fingerprint density at radius 3 is 2.12 bits per heavy atom. The highest BCUT2D eigenvalue weighted by atomic mass is 16.2. The molecule has 0 saturated heterocycles. The molecule has 0 bridgehead atoms. The summed E-state index contributed by atoms with van der Waals surface area (Å²) in [5.74, 6) is -0.577. The van der Waals surface area contributed by atoms with Crippen LogP contribution in [-0.4, -0.2) is 16.8 Å². The lowest BCUT2D eigenvalue weighted by Crippen LogP contribution is -2.29. The van der Waals surface area contributed by atoms with Gasteiger partial charge in [0, 0.05) is 5.39 Å². The molecule has 0 atom stereocenters. The fourth-order valence-electron chi connectivity index (χ4n) is 3.23. The molecule has 0 N–H and O–H groups in total. The van der Waals surface area contributed by atoms with Gasteiger partial charge in [-0.05, 0) is 45.0 Å². The zero-order chi connectivity index (χ0) is 17.0. The van der Waals surface area contributed by atoms with E-state index in [2.05, 4.69) is 4.98 Å². The van der Waals surface area contributed by atoms with Crippen LogP contribution in [0, 0.1) is 20.8 Å². The number of fused-ring (bicyclic) bond motifs is 3. The normalized spacial score (nSPS) is 13.7. The number of hydrogen-bond acceptors (Lipinski definition) is 3. The average Bonchev–Trinajstić information content (AvgIpc) is 2.81. The largest absolute Gasteiger partial charge is 0.268 e. The highest BCUT2D eigenvalue weighted by Gasteiger charge is 2.39. The fraction of sp³-hybridized carbons (Fsp3) is 0.150. The molecule has 1 aliphatic heterocycles. The van der Waals surface area contributed by atoms with E-state index in [0.717, 1.165) is 22.0 Å². The number of pyridine rings is 1. The molecule has 3 aromatic rings. The van der Waals surface area contributed by atoms with Gasteiger partial charge in [0.15, 0.2) is 0 Å². The van der Waals surface area contributed by atoms with Crippen molar-refractivity contribution in [2.24, 2.45) is 0 Å². The van der Waals surface area contributed by atoms with Crippen molar-refractivity contribution in [2.45, 2.75) is 20.8 Å². The Kier molecular flexibility index (Phi) is 3.03. The number of aryl methyl sites for hydroxylation is 3. The van der Waals surface area contributed by atoms with Gasteiger partial charge >= 0.3 is 0 Å². The molecule has 0 spiro atoms. The molecule has 118 valence electrons. The van der Waals surface area contributed by atoms with Crippen LogP contribution in [0.4, 0.5) is 5.69 Å². The summed E-state index contributed by atoms with van der Waals surface area (Å²) in [6, 6.07) is 13.2. The van der Waals surface area contributed by atoms with E-state index >= 15 is 0 Å². The molecule has 1 aromatic heterocycles. The van der Waals surface area contributed by atoms with Crippen LogP contribution in [0.3, 0.4) is 0 Å². The maximum atomic E-state index is 13.0. The van der Waals surface area contributed by atoms with Crippen molar-refractivity contribution >= 4 is 28.4 Å². The van der Waals surface area contributed by atoms with Gasteiger partial charge in [-0.1, -0.05) is 29.3 Å². The van der Waals surface area contributed by atoms with Gasteiger partial charge in [-0.15, -0.1) is 0 Å². The summed E-state index contributed by atoms with van der Waals surface area (Å²) in [6.45, 7) is 5.71. The first-order valence-corrected chi connectivity index (χ1v) is 7.84. The van der Waals surface area contributed by atoms with Crippen molar-refractivity contribution in [3.05, 3.63) is 70.4 Å². The Morgan fingerprint density at radius 2 is 1.42 bits per heavy atom. The van der Waals surface area contributed by atoms with Crippen molar-refractivity contribution in [3.8, 4) is 0 Å². The number of benzene rings is 2. The summed E-state index contributed by atoms with van der Waals surface area (Å²) in [5, 5.41) is 0.739. The smallest absolute Gasteiger partial charge is 0.268 e. The molecule has 2 amide bonds. The third-order valence-electron chi connectivity index (χ3n) is 4.45. The minimum Gasteiger partial charge on any atom is -0.268 e. The molecule has 0 aliphatic carbocycles. The molecule has 4 heteroatoms. The first kappa shape index (κ1) is 14.6. The minimum absolute atomic E-state index is 0.278. The van der Waals surface area contributed by atoms with E-state index in [1.54, 1.807) is 19.1 Å². The van der Waals surface area contributed by atoms with Gasteiger partial charge < -0.3 is 0 Å². The quantitative estimate of drug-likeness (QED) is 0.639. The maximum absolute atomic E-state index is 13.0. The van der Waals surface area contributed by atoms with Crippen LogP contribution in [0.1, 0.15) is 37.5 Å². The van der Waals surface area contributed by atoms with E-state index in [9.17, 15) is 9.59 Å². The number of carbonyl (C=O) groups excluding carboxylic acids is 2. The molecule has 2 heterocycles. The van der Waals surface area contributed by atoms with Gasteiger partial charge in [0.05, 0.1) is 28.0 Å². The van der Waals surface area contributed by atoms with Crippen LogP contribution >= 0.6 is 0 Å². The van der Waals surface area contributed by atoms with Crippen molar-refractivity contribution in [3.63, 3.8) is 0 Å². The van der Waals surface area contributed by atoms with E-state index < -0.39 is 0 Å². The molecular formula is C20H16N2O2. The van der Waals surface area contributed by atoms with Crippen LogP contribution in [0.15, 0.2) is 42.5 Å². The van der Waals surface area contributed by atoms with Gasteiger partial charge in [0.1, 0.15) is 0 Å². The fourth-order valence-corrected chi connectivity index (χ4v) is 3.23. The van der Waals surface area contributed by atoms with Crippen LogP contribution < -0.4 is 4.90 Å². The predicted molar refractivity (Wildman–Crippen MR) is 93.5 cm³/mol. The Hall–Kier alpha value is -3.01. The first-order valence-electron chi connectivity index (χ1n) is 7.84. The SMILES string of the molecule is Cc1ccc(N2C(=O)c3c(C)nc4ccc(C)cc4c3C2=O)cc1. The maximum Gasteiger partial charge on any atom is 0.268 e. The van der Waals surface area contributed by atoms with Gasteiger partial charge in [0.2, 0.25) is 0 Å². The van der Waals surface area contributed by atoms with Crippen LogP contribution in [0.5, 0.6) is 0 Å². The van der Waals surface area contributed by atoms with Gasteiger partial charge in [-0.3, -0.25) is 14.6 Å². The van der Waals surface area contributed by atoms with E-state index in [4.69, 9.17) is 0 Å². The molecule has 4 nitrogen and oxygen atoms in total. The van der Waals surface area contributed by atoms with Crippen LogP contribution in [0.25, 0.3) is 10.9 Å². The van der Waals surface area contributed by atoms with Crippen molar-refractivity contribution in [1.82, 2.24) is 4.98 Å². The number of rotatable bonds is 1. The molecule has 24 heavy (non-hydrogen) atoms. The van der Waals surface area contributed by atoms with E-state index in [1.807, 2.05) is 44.2 Å². The van der Waals surface area contributed by atoms with E-state index in [1.165, 1.54) is 4.90 Å². The number of nitrogens with zero attached hydrogens (tertiary/aromatic N) is 2. The average molecular weight is 316 g/mol. The summed E-state index contributed by atoms with van der Waals surface area (Å²) in [7, 11) is 0. The highest BCUT2D eigenvalue weighted by molar-refractivity contribution is 6.37. The highest BCUT2D eigenvalue weighted by Crippen LogP contribution is 2.34. The number of aromatic nitrogens is 1. The Balaban J connectivity index is 1.98. The van der Waals surface area contributed by atoms with Gasteiger partial charge in [-0.25, -0.2) is 4.90 Å². The number of hydrogen-bond donors (Lipinski definition) is 0. The summed E-state index contributed by atoms with van der Waals surface area (Å²) >= 11 is 0. The van der Waals surface area contributed by atoms with Crippen molar-refractivity contribution in [1.29, 1.82) is 0 Å². The number of amides is 2.